The summed E-state index contributed by atoms with van der Waals surface area (Å²) in [6.45, 7) is 8.44. The molecule has 100 valence electrons. The highest BCUT2D eigenvalue weighted by Gasteiger charge is 2.20. The SMILES string of the molecule is CCN(CC(C)(C)CN)c1cccc(C(N)=O)n1. The van der Waals surface area contributed by atoms with Crippen LogP contribution < -0.4 is 16.4 Å². The molecule has 5 heteroatoms. The molecule has 0 aliphatic heterocycles. The van der Waals surface area contributed by atoms with Gasteiger partial charge in [-0.15, -0.1) is 0 Å². The number of nitrogens with two attached hydrogens (primary N) is 2. The van der Waals surface area contributed by atoms with Gasteiger partial charge in [0.25, 0.3) is 5.91 Å². The van der Waals surface area contributed by atoms with E-state index in [9.17, 15) is 4.79 Å². The molecule has 0 bridgehead atoms. The number of hydrogen-bond donors (Lipinski definition) is 2. The van der Waals surface area contributed by atoms with Crippen molar-refractivity contribution in [3.8, 4) is 0 Å². The summed E-state index contributed by atoms with van der Waals surface area (Å²) in [5.74, 6) is 0.251. The summed E-state index contributed by atoms with van der Waals surface area (Å²) >= 11 is 0. The lowest BCUT2D eigenvalue weighted by molar-refractivity contribution is 0.0995. The van der Waals surface area contributed by atoms with Crippen LogP contribution in [0.3, 0.4) is 0 Å². The topological polar surface area (TPSA) is 85.2 Å². The molecule has 0 aromatic carbocycles. The number of carbonyl (C=O) groups excluding carboxylic acids is 1. The van der Waals surface area contributed by atoms with Crippen molar-refractivity contribution in [1.29, 1.82) is 0 Å². The van der Waals surface area contributed by atoms with Gasteiger partial charge in [-0.3, -0.25) is 4.79 Å². The van der Waals surface area contributed by atoms with Crippen LogP contribution in [0.4, 0.5) is 5.82 Å². The summed E-state index contributed by atoms with van der Waals surface area (Å²) in [6, 6.07) is 5.29. The second-order valence-electron chi connectivity index (χ2n) is 5.13. The van der Waals surface area contributed by atoms with Gasteiger partial charge in [-0.2, -0.15) is 0 Å². The highest BCUT2D eigenvalue weighted by molar-refractivity contribution is 5.91. The zero-order valence-electron chi connectivity index (χ0n) is 11.3. The number of pyridine rings is 1. The van der Waals surface area contributed by atoms with Gasteiger partial charge in [0.15, 0.2) is 0 Å². The lowest BCUT2D eigenvalue weighted by Crippen LogP contribution is -2.39. The summed E-state index contributed by atoms with van der Waals surface area (Å²) in [5.41, 5.74) is 11.3. The third-order valence-electron chi connectivity index (χ3n) is 2.86. The van der Waals surface area contributed by atoms with Gasteiger partial charge < -0.3 is 16.4 Å². The molecule has 0 radical (unpaired) electrons. The van der Waals surface area contributed by atoms with Crippen molar-refractivity contribution in [2.45, 2.75) is 20.8 Å². The fraction of sp³-hybridized carbons (Fsp3) is 0.538. The summed E-state index contributed by atoms with van der Waals surface area (Å²) in [5, 5.41) is 0. The summed E-state index contributed by atoms with van der Waals surface area (Å²) in [6.07, 6.45) is 0. The van der Waals surface area contributed by atoms with E-state index in [2.05, 4.69) is 23.7 Å². The average molecular weight is 250 g/mol. The second kappa shape index (κ2) is 5.82. The molecule has 0 unspecified atom stereocenters. The maximum atomic E-state index is 11.1. The monoisotopic (exact) mass is 250 g/mol. The largest absolute Gasteiger partial charge is 0.364 e. The van der Waals surface area contributed by atoms with Gasteiger partial charge in [0.2, 0.25) is 0 Å². The van der Waals surface area contributed by atoms with Crippen LogP contribution in [0.5, 0.6) is 0 Å². The second-order valence-corrected chi connectivity index (χ2v) is 5.13. The van der Waals surface area contributed by atoms with E-state index in [1.807, 2.05) is 13.0 Å². The number of primary amides is 1. The molecule has 0 aliphatic carbocycles. The van der Waals surface area contributed by atoms with Crippen molar-refractivity contribution in [2.75, 3.05) is 24.5 Å². The molecule has 1 aromatic rings. The van der Waals surface area contributed by atoms with Crippen molar-refractivity contribution in [3.63, 3.8) is 0 Å². The number of anilines is 1. The van der Waals surface area contributed by atoms with E-state index in [4.69, 9.17) is 11.5 Å². The van der Waals surface area contributed by atoms with Crippen LogP contribution in [0.15, 0.2) is 18.2 Å². The van der Waals surface area contributed by atoms with Crippen LogP contribution in [0.1, 0.15) is 31.3 Å². The van der Waals surface area contributed by atoms with E-state index < -0.39 is 5.91 Å². The van der Waals surface area contributed by atoms with E-state index >= 15 is 0 Å². The van der Waals surface area contributed by atoms with Crippen LogP contribution >= 0.6 is 0 Å². The van der Waals surface area contributed by atoms with Gasteiger partial charge in [-0.1, -0.05) is 19.9 Å². The average Bonchev–Trinajstić information content (AvgIpc) is 2.36. The third kappa shape index (κ3) is 3.70. The first-order chi connectivity index (χ1) is 8.39. The van der Waals surface area contributed by atoms with E-state index in [1.165, 1.54) is 0 Å². The van der Waals surface area contributed by atoms with Gasteiger partial charge in [-0.25, -0.2) is 4.98 Å². The highest BCUT2D eigenvalue weighted by atomic mass is 16.1. The molecule has 4 N–H and O–H groups in total. The Morgan fingerprint density at radius 3 is 2.61 bits per heavy atom. The molecule has 0 aliphatic rings. The van der Waals surface area contributed by atoms with Crippen molar-refractivity contribution < 1.29 is 4.79 Å². The fourth-order valence-corrected chi connectivity index (χ4v) is 1.67. The predicted octanol–water partition coefficient (Wildman–Crippen LogP) is 0.992. The molecule has 0 atom stereocenters. The number of nitrogens with zero attached hydrogens (tertiary/aromatic N) is 2. The number of carbonyl (C=O) groups is 1. The molecule has 18 heavy (non-hydrogen) atoms. The van der Waals surface area contributed by atoms with Crippen molar-refractivity contribution in [2.24, 2.45) is 16.9 Å². The van der Waals surface area contributed by atoms with E-state index in [0.29, 0.717) is 6.54 Å². The lowest BCUT2D eigenvalue weighted by Gasteiger charge is -2.32. The Kier molecular flexibility index (Phi) is 4.67. The quantitative estimate of drug-likeness (QED) is 0.788. The van der Waals surface area contributed by atoms with E-state index in [1.54, 1.807) is 12.1 Å². The first-order valence-electron chi connectivity index (χ1n) is 6.11. The number of rotatable bonds is 6. The summed E-state index contributed by atoms with van der Waals surface area (Å²) < 4.78 is 0. The van der Waals surface area contributed by atoms with Crippen LogP contribution in [0, 0.1) is 5.41 Å². The molecule has 0 saturated heterocycles. The van der Waals surface area contributed by atoms with Gasteiger partial charge >= 0.3 is 0 Å². The zero-order chi connectivity index (χ0) is 13.8. The standard InChI is InChI=1S/C13H22N4O/c1-4-17(9-13(2,3)8-14)11-7-5-6-10(16-11)12(15)18/h5-7H,4,8-9,14H2,1-3H3,(H2,15,18). The fourth-order valence-electron chi connectivity index (χ4n) is 1.67. The van der Waals surface area contributed by atoms with Gasteiger partial charge in [0.1, 0.15) is 11.5 Å². The van der Waals surface area contributed by atoms with Crippen molar-refractivity contribution in [3.05, 3.63) is 23.9 Å². The minimum atomic E-state index is -0.508. The molecular weight excluding hydrogens is 228 g/mol. The Hall–Kier alpha value is -1.62. The normalized spacial score (nSPS) is 11.3. The van der Waals surface area contributed by atoms with Crippen molar-refractivity contribution in [1.82, 2.24) is 4.98 Å². The van der Waals surface area contributed by atoms with Gasteiger partial charge in [0.05, 0.1) is 0 Å². The zero-order valence-corrected chi connectivity index (χ0v) is 11.3. The summed E-state index contributed by atoms with van der Waals surface area (Å²) in [4.78, 5) is 17.5. The molecule has 1 rings (SSSR count). The maximum absolute atomic E-state index is 11.1. The Morgan fingerprint density at radius 1 is 1.44 bits per heavy atom. The molecule has 0 spiro atoms. The molecule has 1 aromatic heterocycles. The Bertz CT molecular complexity index is 417. The molecule has 1 amide bonds. The smallest absolute Gasteiger partial charge is 0.267 e. The molecular formula is C13H22N4O. The minimum Gasteiger partial charge on any atom is -0.364 e. The van der Waals surface area contributed by atoms with Crippen LogP contribution in [-0.4, -0.2) is 30.5 Å². The predicted molar refractivity (Wildman–Crippen MR) is 73.5 cm³/mol. The number of amides is 1. The maximum Gasteiger partial charge on any atom is 0.267 e. The van der Waals surface area contributed by atoms with E-state index in [-0.39, 0.29) is 11.1 Å². The Balaban J connectivity index is 2.95. The minimum absolute atomic E-state index is 0.000415. The van der Waals surface area contributed by atoms with Gasteiger partial charge in [-0.05, 0) is 31.0 Å². The van der Waals surface area contributed by atoms with Crippen LogP contribution in [-0.2, 0) is 0 Å². The molecule has 0 fully saturated rings. The first-order valence-corrected chi connectivity index (χ1v) is 6.11. The van der Waals surface area contributed by atoms with Crippen molar-refractivity contribution >= 4 is 11.7 Å². The van der Waals surface area contributed by atoms with Gasteiger partial charge in [0, 0.05) is 13.1 Å². The molecule has 1 heterocycles. The summed E-state index contributed by atoms with van der Waals surface area (Å²) in [7, 11) is 0. The first kappa shape index (κ1) is 14.4. The Labute approximate surface area is 108 Å². The number of hydrogen-bond acceptors (Lipinski definition) is 4. The molecule has 5 nitrogen and oxygen atoms in total. The number of aromatic nitrogens is 1. The third-order valence-corrected chi connectivity index (χ3v) is 2.86. The van der Waals surface area contributed by atoms with E-state index in [0.717, 1.165) is 18.9 Å². The highest BCUT2D eigenvalue weighted by Crippen LogP contribution is 2.19. The lowest BCUT2D eigenvalue weighted by atomic mass is 9.93. The Morgan fingerprint density at radius 2 is 2.11 bits per heavy atom. The van der Waals surface area contributed by atoms with Crippen LogP contribution in [0.2, 0.25) is 0 Å². The molecule has 0 saturated carbocycles. The van der Waals surface area contributed by atoms with Crippen LogP contribution in [0.25, 0.3) is 0 Å².